The topological polar surface area (TPSA) is 73.1 Å². The van der Waals surface area contributed by atoms with E-state index in [-0.39, 0.29) is 10.4 Å². The molecule has 2 heterocycles. The molecule has 3 aromatic rings. The van der Waals surface area contributed by atoms with E-state index < -0.39 is 59.5 Å². The highest BCUT2D eigenvalue weighted by Gasteiger charge is 2.38. The number of halogens is 5. The number of hydrogen-bond acceptors (Lipinski definition) is 6. The van der Waals surface area contributed by atoms with Crippen LogP contribution >= 0.6 is 11.3 Å². The zero-order chi connectivity index (χ0) is 20.5. The summed E-state index contributed by atoms with van der Waals surface area (Å²) in [7, 11) is 0. The molecule has 0 aliphatic carbocycles. The number of Topliss-reactive ketones (excluding diaryl/α,β-unsaturated/α-hetero) is 2. The highest BCUT2D eigenvalue weighted by molar-refractivity contribution is 7.13. The molecule has 0 aliphatic heterocycles. The van der Waals surface area contributed by atoms with E-state index in [2.05, 4.69) is 14.7 Å². The van der Waals surface area contributed by atoms with Crippen LogP contribution in [0.4, 0.5) is 22.0 Å². The predicted octanol–water partition coefficient (Wildman–Crippen LogP) is 4.48. The molecule has 0 amide bonds. The largest absolute Gasteiger partial charge is 0.471 e. The zero-order valence-electron chi connectivity index (χ0n) is 13.7. The van der Waals surface area contributed by atoms with Gasteiger partial charge in [-0.1, -0.05) is 11.2 Å². The van der Waals surface area contributed by atoms with E-state index in [0.29, 0.717) is 0 Å². The Kier molecular flexibility index (Phi) is 5.36. The molecular weight excluding hydrogens is 407 g/mol. The van der Waals surface area contributed by atoms with Gasteiger partial charge >= 0.3 is 12.1 Å². The van der Waals surface area contributed by atoms with Crippen LogP contribution < -0.4 is 0 Å². The van der Waals surface area contributed by atoms with Crippen LogP contribution in [-0.4, -0.2) is 21.7 Å². The number of thiophene rings is 1. The summed E-state index contributed by atoms with van der Waals surface area (Å²) < 4.78 is 69.9. The molecular formula is C17H9F5N2O3S. The second-order valence-electron chi connectivity index (χ2n) is 5.57. The number of nitrogens with zero attached hydrogens (tertiary/aromatic N) is 2. The fourth-order valence-electron chi connectivity index (χ4n) is 2.32. The molecule has 0 fully saturated rings. The average Bonchev–Trinajstić information content (AvgIpc) is 3.31. The molecule has 5 nitrogen and oxygen atoms in total. The average molecular weight is 416 g/mol. The smallest absolute Gasteiger partial charge is 0.329 e. The van der Waals surface area contributed by atoms with Crippen LogP contribution in [0.1, 0.15) is 27.5 Å². The quantitative estimate of drug-likeness (QED) is 0.337. The van der Waals surface area contributed by atoms with Crippen molar-refractivity contribution in [3.05, 3.63) is 57.6 Å². The van der Waals surface area contributed by atoms with E-state index in [1.54, 1.807) is 11.4 Å². The van der Waals surface area contributed by atoms with Crippen molar-refractivity contribution < 1.29 is 36.1 Å². The van der Waals surface area contributed by atoms with Crippen LogP contribution in [0.15, 0.2) is 34.2 Å². The van der Waals surface area contributed by atoms with Gasteiger partial charge in [0.1, 0.15) is 11.6 Å². The summed E-state index contributed by atoms with van der Waals surface area (Å²) >= 11 is 1.07. The van der Waals surface area contributed by atoms with Crippen molar-refractivity contribution in [2.45, 2.75) is 19.0 Å². The molecule has 0 spiro atoms. The van der Waals surface area contributed by atoms with Crippen molar-refractivity contribution in [1.29, 1.82) is 0 Å². The minimum atomic E-state index is -4.89. The van der Waals surface area contributed by atoms with Crippen LogP contribution in [0.3, 0.4) is 0 Å². The van der Waals surface area contributed by atoms with Gasteiger partial charge in [-0.3, -0.25) is 9.59 Å². The number of benzene rings is 1. The number of alkyl halides is 3. The molecule has 0 saturated carbocycles. The van der Waals surface area contributed by atoms with E-state index in [0.717, 1.165) is 23.5 Å². The third-order valence-electron chi connectivity index (χ3n) is 3.67. The van der Waals surface area contributed by atoms with Gasteiger partial charge < -0.3 is 4.52 Å². The summed E-state index contributed by atoms with van der Waals surface area (Å²) in [6, 6.07) is 4.51. The first-order chi connectivity index (χ1) is 13.2. The van der Waals surface area contributed by atoms with Gasteiger partial charge in [0.15, 0.2) is 0 Å². The van der Waals surface area contributed by atoms with E-state index >= 15 is 0 Å². The Hall–Kier alpha value is -2.95. The van der Waals surface area contributed by atoms with Gasteiger partial charge in [0.25, 0.3) is 0 Å². The first-order valence-electron chi connectivity index (χ1n) is 7.67. The standard InChI is InChI=1S/C17H9F5N2O3S/c18-10-6-8(15-23-16(27-24-15)17(20,21)22)7-11(19)9(10)3-4-12(25)14(26)13-2-1-5-28-13/h1-2,5-7H,3-4H2. The Balaban J connectivity index is 1.76. The third-order valence-corrected chi connectivity index (χ3v) is 4.54. The Bertz CT molecular complexity index is 1000. The van der Waals surface area contributed by atoms with Crippen LogP contribution in [0.5, 0.6) is 0 Å². The minimum absolute atomic E-state index is 0.221. The van der Waals surface area contributed by atoms with E-state index in [1.807, 2.05) is 0 Å². The van der Waals surface area contributed by atoms with Crippen LogP contribution in [-0.2, 0) is 17.4 Å². The van der Waals surface area contributed by atoms with Crippen molar-refractivity contribution in [2.75, 3.05) is 0 Å². The normalized spacial score (nSPS) is 11.6. The highest BCUT2D eigenvalue weighted by Crippen LogP contribution is 2.30. The van der Waals surface area contributed by atoms with Gasteiger partial charge in [0.05, 0.1) is 4.88 Å². The molecule has 0 radical (unpaired) electrons. The Morgan fingerprint density at radius 2 is 1.82 bits per heavy atom. The lowest BCUT2D eigenvalue weighted by atomic mass is 10.0. The van der Waals surface area contributed by atoms with Gasteiger partial charge in [0, 0.05) is 17.5 Å². The molecule has 3 rings (SSSR count). The maximum Gasteiger partial charge on any atom is 0.471 e. The maximum absolute atomic E-state index is 14.2. The lowest BCUT2D eigenvalue weighted by Gasteiger charge is -2.06. The first kappa shape index (κ1) is 19.8. The number of carbonyl (C=O) groups is 2. The highest BCUT2D eigenvalue weighted by atomic mass is 32.1. The molecule has 2 aromatic heterocycles. The third kappa shape index (κ3) is 4.14. The number of aromatic nitrogens is 2. The Labute approximate surface area is 157 Å². The number of ketones is 2. The number of carbonyl (C=O) groups excluding carboxylic acids is 2. The fourth-order valence-corrected chi connectivity index (χ4v) is 3.01. The monoisotopic (exact) mass is 416 g/mol. The Morgan fingerprint density at radius 3 is 2.36 bits per heavy atom. The van der Waals surface area contributed by atoms with E-state index in [4.69, 9.17) is 0 Å². The first-order valence-corrected chi connectivity index (χ1v) is 8.55. The summed E-state index contributed by atoms with van der Waals surface area (Å²) in [5.74, 6) is -6.06. The number of rotatable bonds is 6. The summed E-state index contributed by atoms with van der Waals surface area (Å²) in [4.78, 5) is 27.0. The van der Waals surface area contributed by atoms with Crippen molar-refractivity contribution in [2.24, 2.45) is 0 Å². The molecule has 0 saturated heterocycles. The van der Waals surface area contributed by atoms with Gasteiger partial charge in [0.2, 0.25) is 17.4 Å². The van der Waals surface area contributed by atoms with Crippen molar-refractivity contribution >= 4 is 22.9 Å². The summed E-state index contributed by atoms with van der Waals surface area (Å²) in [5.41, 5.74) is -0.838. The van der Waals surface area contributed by atoms with Gasteiger partial charge in [-0.25, -0.2) is 8.78 Å². The lowest BCUT2D eigenvalue weighted by Crippen LogP contribution is -2.14. The molecule has 0 N–H and O–H groups in total. The van der Waals surface area contributed by atoms with E-state index in [1.165, 1.54) is 6.07 Å². The molecule has 1 aromatic carbocycles. The SMILES string of the molecule is O=C(CCc1c(F)cc(-c2noc(C(F)(F)F)n2)cc1F)C(=O)c1cccs1. The molecule has 0 unspecified atom stereocenters. The molecule has 146 valence electrons. The lowest BCUT2D eigenvalue weighted by molar-refractivity contribution is -0.159. The fraction of sp³-hybridized carbons (Fsp3) is 0.176. The van der Waals surface area contributed by atoms with E-state index in [9.17, 15) is 31.5 Å². The summed E-state index contributed by atoms with van der Waals surface area (Å²) in [5, 5.41) is 4.67. The molecule has 28 heavy (non-hydrogen) atoms. The van der Waals surface area contributed by atoms with Crippen molar-refractivity contribution in [3.63, 3.8) is 0 Å². The van der Waals surface area contributed by atoms with Crippen LogP contribution in [0, 0.1) is 11.6 Å². The van der Waals surface area contributed by atoms with Crippen molar-refractivity contribution in [1.82, 2.24) is 10.1 Å². The molecule has 0 aliphatic rings. The van der Waals surface area contributed by atoms with Gasteiger partial charge in [-0.15, -0.1) is 11.3 Å². The number of hydrogen-bond donors (Lipinski definition) is 0. The molecule has 0 bridgehead atoms. The van der Waals surface area contributed by atoms with Crippen LogP contribution in [0.2, 0.25) is 0 Å². The van der Waals surface area contributed by atoms with Crippen molar-refractivity contribution in [3.8, 4) is 11.4 Å². The van der Waals surface area contributed by atoms with Crippen LogP contribution in [0.25, 0.3) is 11.4 Å². The zero-order valence-corrected chi connectivity index (χ0v) is 14.5. The maximum atomic E-state index is 14.2. The predicted molar refractivity (Wildman–Crippen MR) is 86.6 cm³/mol. The molecule has 0 atom stereocenters. The second kappa shape index (κ2) is 7.58. The minimum Gasteiger partial charge on any atom is -0.329 e. The summed E-state index contributed by atoms with van der Waals surface area (Å²) in [6.07, 6.45) is -5.71. The Morgan fingerprint density at radius 1 is 1.14 bits per heavy atom. The summed E-state index contributed by atoms with van der Waals surface area (Å²) in [6.45, 7) is 0. The van der Waals surface area contributed by atoms with Gasteiger partial charge in [-0.05, 0) is 30.0 Å². The second-order valence-corrected chi connectivity index (χ2v) is 6.52. The molecule has 11 heteroatoms. The van der Waals surface area contributed by atoms with Gasteiger partial charge in [-0.2, -0.15) is 18.2 Å².